The van der Waals surface area contributed by atoms with Gasteiger partial charge < -0.3 is 24.8 Å². The maximum Gasteiger partial charge on any atom is 0.342 e. The second-order valence-corrected chi connectivity index (χ2v) is 6.49. The van der Waals surface area contributed by atoms with Crippen LogP contribution in [-0.4, -0.2) is 52.5 Å². The summed E-state index contributed by atoms with van der Waals surface area (Å²) in [6.45, 7) is 3.40. The van der Waals surface area contributed by atoms with Crippen LogP contribution in [0.2, 0.25) is 0 Å². The Morgan fingerprint density at radius 2 is 1.85 bits per heavy atom. The van der Waals surface area contributed by atoms with Gasteiger partial charge >= 0.3 is 5.97 Å². The molecular weight excluding hydrogens is 352 g/mol. The standard InChI is InChI=1S/C20H24O7/c1-11-7-8-16(22)19(24)15(21)6-4-5-13-9-14(26-3)10-17(23)18(13)20(25)27-12(11)2/h4-5,7-12,15,19,21,23-24H,6H2,1-3H3/b5-4+,8-7-/t11-,12?,15?,19?/m1/s1. The molecule has 0 fully saturated rings. The van der Waals surface area contributed by atoms with Gasteiger partial charge in [-0.1, -0.05) is 25.2 Å². The van der Waals surface area contributed by atoms with Crippen LogP contribution in [0.3, 0.4) is 0 Å². The van der Waals surface area contributed by atoms with Gasteiger partial charge in [0.15, 0.2) is 5.78 Å². The van der Waals surface area contributed by atoms with Crippen molar-refractivity contribution in [1.29, 1.82) is 0 Å². The van der Waals surface area contributed by atoms with Crippen LogP contribution < -0.4 is 4.74 Å². The fourth-order valence-corrected chi connectivity index (χ4v) is 2.58. The van der Waals surface area contributed by atoms with Gasteiger partial charge in [0.25, 0.3) is 0 Å². The lowest BCUT2D eigenvalue weighted by atomic mass is 9.99. The quantitative estimate of drug-likeness (QED) is 0.641. The number of aliphatic hydroxyl groups is 2. The number of phenolic OH excluding ortho intramolecular Hbond substituents is 1. The Labute approximate surface area is 157 Å². The third kappa shape index (κ3) is 4.96. The number of phenols is 1. The minimum Gasteiger partial charge on any atom is -0.507 e. The summed E-state index contributed by atoms with van der Waals surface area (Å²) in [6.07, 6.45) is 2.19. The van der Waals surface area contributed by atoms with E-state index in [1.807, 2.05) is 0 Å². The number of hydrogen-bond acceptors (Lipinski definition) is 7. The molecule has 0 amide bonds. The number of benzene rings is 1. The normalized spacial score (nSPS) is 29.2. The largest absolute Gasteiger partial charge is 0.507 e. The van der Waals surface area contributed by atoms with Crippen LogP contribution in [0.1, 0.15) is 36.2 Å². The van der Waals surface area contributed by atoms with Crippen molar-refractivity contribution >= 4 is 17.8 Å². The molecule has 1 aliphatic heterocycles. The number of aliphatic hydroxyl groups excluding tert-OH is 2. The molecule has 3 N–H and O–H groups in total. The minimum absolute atomic E-state index is 0.0286. The lowest BCUT2D eigenvalue weighted by Gasteiger charge is -2.20. The van der Waals surface area contributed by atoms with Crippen molar-refractivity contribution in [3.05, 3.63) is 41.5 Å². The summed E-state index contributed by atoms with van der Waals surface area (Å²) in [7, 11) is 1.42. The van der Waals surface area contributed by atoms with Gasteiger partial charge in [-0.05, 0) is 31.1 Å². The molecule has 0 saturated heterocycles. The van der Waals surface area contributed by atoms with E-state index in [-0.39, 0.29) is 23.7 Å². The van der Waals surface area contributed by atoms with Gasteiger partial charge in [0, 0.05) is 12.0 Å². The zero-order valence-electron chi connectivity index (χ0n) is 15.5. The highest BCUT2D eigenvalue weighted by Crippen LogP contribution is 2.30. The fourth-order valence-electron chi connectivity index (χ4n) is 2.58. The number of hydrogen-bond donors (Lipinski definition) is 3. The number of carbonyl (C=O) groups excluding carboxylic acids is 2. The van der Waals surface area contributed by atoms with E-state index in [1.165, 1.54) is 37.5 Å². The Bertz CT molecular complexity index is 766. The first-order chi connectivity index (χ1) is 12.7. The first kappa shape index (κ1) is 20.7. The molecule has 4 atom stereocenters. The number of cyclic esters (lactones) is 1. The Morgan fingerprint density at radius 1 is 1.15 bits per heavy atom. The van der Waals surface area contributed by atoms with Crippen LogP contribution in [0.5, 0.6) is 11.5 Å². The van der Waals surface area contributed by atoms with E-state index in [0.29, 0.717) is 11.3 Å². The number of aromatic hydroxyl groups is 1. The molecule has 1 aromatic rings. The monoisotopic (exact) mass is 376 g/mol. The average molecular weight is 376 g/mol. The van der Waals surface area contributed by atoms with Crippen molar-refractivity contribution in [2.45, 2.75) is 38.6 Å². The van der Waals surface area contributed by atoms with Crippen LogP contribution in [0.25, 0.3) is 6.08 Å². The van der Waals surface area contributed by atoms with Crippen LogP contribution >= 0.6 is 0 Å². The number of rotatable bonds is 1. The first-order valence-electron chi connectivity index (χ1n) is 8.61. The number of methoxy groups -OCH3 is 1. The third-order valence-corrected chi connectivity index (χ3v) is 4.49. The molecule has 3 unspecified atom stereocenters. The zero-order chi connectivity index (χ0) is 20.1. The van der Waals surface area contributed by atoms with E-state index in [9.17, 15) is 24.9 Å². The molecule has 27 heavy (non-hydrogen) atoms. The van der Waals surface area contributed by atoms with Crippen molar-refractivity contribution in [3.8, 4) is 11.5 Å². The molecule has 0 bridgehead atoms. The number of ether oxygens (including phenoxy) is 2. The van der Waals surface area contributed by atoms with Crippen molar-refractivity contribution in [2.24, 2.45) is 5.92 Å². The fraction of sp³-hybridized carbons (Fsp3) is 0.400. The van der Waals surface area contributed by atoms with E-state index in [2.05, 4.69) is 0 Å². The van der Waals surface area contributed by atoms with E-state index < -0.39 is 30.1 Å². The van der Waals surface area contributed by atoms with Gasteiger partial charge in [-0.15, -0.1) is 0 Å². The van der Waals surface area contributed by atoms with Gasteiger partial charge in [-0.2, -0.15) is 0 Å². The van der Waals surface area contributed by atoms with Crippen LogP contribution in [0, 0.1) is 5.92 Å². The van der Waals surface area contributed by atoms with Gasteiger partial charge in [-0.3, -0.25) is 4.79 Å². The smallest absolute Gasteiger partial charge is 0.342 e. The van der Waals surface area contributed by atoms with Gasteiger partial charge in [-0.25, -0.2) is 4.79 Å². The summed E-state index contributed by atoms with van der Waals surface area (Å²) in [4.78, 5) is 24.6. The van der Waals surface area contributed by atoms with Crippen LogP contribution in [0.15, 0.2) is 30.4 Å². The highest BCUT2D eigenvalue weighted by molar-refractivity contribution is 5.97. The molecule has 0 radical (unpaired) electrons. The Kier molecular flexibility index (Phi) is 6.76. The summed E-state index contributed by atoms with van der Waals surface area (Å²) >= 11 is 0. The van der Waals surface area contributed by atoms with E-state index in [1.54, 1.807) is 19.9 Å². The molecule has 0 spiro atoms. The Hall–Kier alpha value is -2.64. The van der Waals surface area contributed by atoms with E-state index in [0.717, 1.165) is 0 Å². The predicted molar refractivity (Wildman–Crippen MR) is 98.5 cm³/mol. The van der Waals surface area contributed by atoms with Crippen molar-refractivity contribution in [2.75, 3.05) is 7.11 Å². The third-order valence-electron chi connectivity index (χ3n) is 4.49. The lowest BCUT2D eigenvalue weighted by molar-refractivity contribution is -0.127. The maximum atomic E-state index is 12.6. The molecule has 0 aromatic heterocycles. The van der Waals surface area contributed by atoms with Crippen molar-refractivity contribution in [3.63, 3.8) is 0 Å². The molecule has 0 aliphatic carbocycles. The average Bonchev–Trinajstić information content (AvgIpc) is 2.63. The Balaban J connectivity index is 2.50. The summed E-state index contributed by atoms with van der Waals surface area (Å²) in [5.74, 6) is -1.63. The number of ketones is 1. The van der Waals surface area contributed by atoms with Crippen molar-refractivity contribution in [1.82, 2.24) is 0 Å². The highest BCUT2D eigenvalue weighted by atomic mass is 16.5. The number of fused-ring (bicyclic) bond motifs is 1. The predicted octanol–water partition coefficient (Wildman–Crippen LogP) is 1.85. The highest BCUT2D eigenvalue weighted by Gasteiger charge is 2.25. The summed E-state index contributed by atoms with van der Waals surface area (Å²) in [5.41, 5.74) is 0.301. The van der Waals surface area contributed by atoms with E-state index in [4.69, 9.17) is 9.47 Å². The maximum absolute atomic E-state index is 12.6. The van der Waals surface area contributed by atoms with Crippen LogP contribution in [-0.2, 0) is 9.53 Å². The SMILES string of the molecule is COc1cc(O)c2c(c1)/C=C/CC(O)C(O)C(=O)/C=C\[C@@H](C)C(C)OC2=O. The topological polar surface area (TPSA) is 113 Å². The van der Waals surface area contributed by atoms with Gasteiger partial charge in [0.2, 0.25) is 0 Å². The molecule has 2 rings (SSSR count). The van der Waals surface area contributed by atoms with Gasteiger partial charge in [0.1, 0.15) is 29.3 Å². The molecule has 1 aromatic carbocycles. The molecule has 0 saturated carbocycles. The molecule has 1 heterocycles. The molecular formula is C20H24O7. The molecule has 7 heteroatoms. The Morgan fingerprint density at radius 3 is 2.52 bits per heavy atom. The van der Waals surface area contributed by atoms with E-state index >= 15 is 0 Å². The molecule has 7 nitrogen and oxygen atoms in total. The zero-order valence-corrected chi connectivity index (χ0v) is 15.5. The molecule has 146 valence electrons. The summed E-state index contributed by atoms with van der Waals surface area (Å²) < 4.78 is 10.5. The summed E-state index contributed by atoms with van der Waals surface area (Å²) in [5, 5.41) is 30.2. The van der Waals surface area contributed by atoms with Crippen molar-refractivity contribution < 1.29 is 34.4 Å². The van der Waals surface area contributed by atoms with Crippen LogP contribution in [0.4, 0.5) is 0 Å². The minimum atomic E-state index is -1.56. The molecule has 1 aliphatic rings. The lowest BCUT2D eigenvalue weighted by Crippen LogP contribution is -2.32. The number of carbonyl (C=O) groups is 2. The van der Waals surface area contributed by atoms with Gasteiger partial charge in [0.05, 0.1) is 13.2 Å². The second-order valence-electron chi connectivity index (χ2n) is 6.49. The summed E-state index contributed by atoms with van der Waals surface area (Å²) in [6, 6.07) is 2.85. The number of esters is 1. The second kappa shape index (κ2) is 8.83. The first-order valence-corrected chi connectivity index (χ1v) is 8.61.